The van der Waals surface area contributed by atoms with Crippen LogP contribution in [0.1, 0.15) is 52.6 Å². The van der Waals surface area contributed by atoms with E-state index in [0.717, 1.165) is 60.8 Å². The lowest BCUT2D eigenvalue weighted by molar-refractivity contribution is -0.0592. The normalized spacial score (nSPS) is 18.1. The molecule has 2 aliphatic heterocycles. The summed E-state index contributed by atoms with van der Waals surface area (Å²) in [5, 5.41) is 24.0. The highest BCUT2D eigenvalue weighted by Gasteiger charge is 2.26. The first-order chi connectivity index (χ1) is 19.5. The Balaban J connectivity index is 1.08. The maximum absolute atomic E-state index is 14.2. The number of benzene rings is 2. The molecular formula is C29H29FN6O3S. The Hall–Kier alpha value is -3.72. The maximum Gasteiger partial charge on any atom is 0.335 e. The van der Waals surface area contributed by atoms with Crippen molar-refractivity contribution in [3.63, 3.8) is 0 Å². The van der Waals surface area contributed by atoms with Crippen LogP contribution in [0.15, 0.2) is 53.7 Å². The SMILES string of the molecule is N#Cc1ccc(CSc2ccn(C3CCN(Cc4nc5ccc(C(=O)O)cc5n4C[C@@H]4CCO4)CC3)n2)c(F)c1. The third-order valence-corrected chi connectivity index (χ3v) is 8.66. The molecule has 2 aromatic heterocycles. The van der Waals surface area contributed by atoms with Crippen molar-refractivity contribution in [2.24, 2.45) is 0 Å². The number of carbonyl (C=O) groups is 1. The molecule has 0 bridgehead atoms. The Labute approximate surface area is 235 Å². The quantitative estimate of drug-likeness (QED) is 0.289. The van der Waals surface area contributed by atoms with Crippen LogP contribution < -0.4 is 0 Å². The van der Waals surface area contributed by atoms with Crippen LogP contribution in [0.5, 0.6) is 0 Å². The van der Waals surface area contributed by atoms with Crippen molar-refractivity contribution in [2.75, 3.05) is 19.7 Å². The highest BCUT2D eigenvalue weighted by molar-refractivity contribution is 7.98. The van der Waals surface area contributed by atoms with Crippen molar-refractivity contribution in [3.8, 4) is 6.07 Å². The number of thioether (sulfide) groups is 1. The van der Waals surface area contributed by atoms with Crippen LogP contribution in [-0.2, 0) is 23.6 Å². The molecule has 1 N–H and O–H groups in total. The molecule has 2 fully saturated rings. The smallest absolute Gasteiger partial charge is 0.335 e. The summed E-state index contributed by atoms with van der Waals surface area (Å²) in [4.78, 5) is 18.8. The Bertz CT molecular complexity index is 1580. The van der Waals surface area contributed by atoms with Crippen LogP contribution >= 0.6 is 11.8 Å². The van der Waals surface area contributed by atoms with Gasteiger partial charge in [0, 0.05) is 31.6 Å². The van der Waals surface area contributed by atoms with Crippen LogP contribution in [0.3, 0.4) is 0 Å². The zero-order valence-electron chi connectivity index (χ0n) is 21.9. The second-order valence-corrected chi connectivity index (χ2v) is 11.3. The molecule has 206 valence electrons. The van der Waals surface area contributed by atoms with Gasteiger partial charge in [-0.2, -0.15) is 10.4 Å². The number of carboxylic acids is 1. The summed E-state index contributed by atoms with van der Waals surface area (Å²) in [5.41, 5.74) is 2.77. The first kappa shape index (κ1) is 26.5. The number of likely N-dealkylation sites (tertiary alicyclic amines) is 1. The van der Waals surface area contributed by atoms with Gasteiger partial charge in [0.25, 0.3) is 0 Å². The van der Waals surface area contributed by atoms with Crippen LogP contribution in [0.2, 0.25) is 0 Å². The van der Waals surface area contributed by atoms with Crippen LogP contribution in [0.25, 0.3) is 11.0 Å². The monoisotopic (exact) mass is 560 g/mol. The van der Waals surface area contributed by atoms with Gasteiger partial charge in [-0.25, -0.2) is 14.2 Å². The topological polar surface area (TPSA) is 109 Å². The molecule has 0 unspecified atom stereocenters. The molecule has 2 saturated heterocycles. The average molecular weight is 561 g/mol. The number of piperidine rings is 1. The van der Waals surface area contributed by atoms with Crippen molar-refractivity contribution in [2.45, 2.75) is 55.3 Å². The molecule has 0 spiro atoms. The lowest BCUT2D eigenvalue weighted by atomic mass is 10.1. The highest BCUT2D eigenvalue weighted by Crippen LogP contribution is 2.28. The molecule has 4 aromatic rings. The summed E-state index contributed by atoms with van der Waals surface area (Å²) in [5.74, 6) is 0.0712. The molecule has 11 heteroatoms. The minimum absolute atomic E-state index is 0.135. The van der Waals surface area contributed by atoms with E-state index >= 15 is 0 Å². The number of aromatic nitrogens is 4. The van der Waals surface area contributed by atoms with Crippen molar-refractivity contribution in [1.82, 2.24) is 24.2 Å². The number of rotatable bonds is 9. The minimum atomic E-state index is -0.945. The average Bonchev–Trinajstić information content (AvgIpc) is 3.54. The summed E-state index contributed by atoms with van der Waals surface area (Å²) in [6.07, 6.45) is 5.03. The largest absolute Gasteiger partial charge is 0.478 e. The fourth-order valence-electron chi connectivity index (χ4n) is 5.29. The molecule has 1 atom stereocenters. The summed E-state index contributed by atoms with van der Waals surface area (Å²) in [6, 6.07) is 13.9. The van der Waals surface area contributed by atoms with Gasteiger partial charge in [-0.05, 0) is 61.2 Å². The zero-order chi connectivity index (χ0) is 27.6. The van der Waals surface area contributed by atoms with Crippen molar-refractivity contribution < 1.29 is 19.0 Å². The molecule has 0 aliphatic carbocycles. The minimum Gasteiger partial charge on any atom is -0.478 e. The van der Waals surface area contributed by atoms with Crippen molar-refractivity contribution in [3.05, 3.63) is 77.0 Å². The third kappa shape index (κ3) is 5.61. The van der Waals surface area contributed by atoms with Gasteiger partial charge in [-0.3, -0.25) is 9.58 Å². The van der Waals surface area contributed by atoms with E-state index in [1.807, 2.05) is 23.0 Å². The number of halogens is 1. The predicted octanol–water partition coefficient (Wildman–Crippen LogP) is 4.86. The van der Waals surface area contributed by atoms with E-state index in [2.05, 4.69) is 9.47 Å². The molecule has 0 saturated carbocycles. The van der Waals surface area contributed by atoms with E-state index in [0.29, 0.717) is 30.0 Å². The summed E-state index contributed by atoms with van der Waals surface area (Å²) >= 11 is 1.48. The number of aromatic carboxylic acids is 1. The van der Waals surface area contributed by atoms with Crippen molar-refractivity contribution in [1.29, 1.82) is 5.26 Å². The van der Waals surface area contributed by atoms with Gasteiger partial charge in [0.05, 0.1) is 53.5 Å². The molecule has 9 nitrogen and oxygen atoms in total. The number of hydrogen-bond acceptors (Lipinski definition) is 7. The van der Waals surface area contributed by atoms with Gasteiger partial charge in [-0.15, -0.1) is 0 Å². The van der Waals surface area contributed by atoms with E-state index in [9.17, 15) is 14.3 Å². The Morgan fingerprint density at radius 3 is 2.70 bits per heavy atom. The number of imidazole rings is 1. The first-order valence-electron chi connectivity index (χ1n) is 13.4. The van der Waals surface area contributed by atoms with Gasteiger partial charge in [-0.1, -0.05) is 17.8 Å². The molecule has 6 rings (SSSR count). The molecule has 0 radical (unpaired) electrons. The number of nitriles is 1. The zero-order valence-corrected chi connectivity index (χ0v) is 22.7. The fourth-order valence-corrected chi connectivity index (χ4v) is 6.14. The van der Waals surface area contributed by atoms with E-state index in [-0.39, 0.29) is 23.5 Å². The van der Waals surface area contributed by atoms with Gasteiger partial charge in [0.15, 0.2) is 0 Å². The molecular weight excluding hydrogens is 531 g/mol. The highest BCUT2D eigenvalue weighted by atomic mass is 32.2. The van der Waals surface area contributed by atoms with Crippen LogP contribution in [0.4, 0.5) is 4.39 Å². The third-order valence-electron chi connectivity index (χ3n) is 7.69. The molecule has 4 heterocycles. The standard InChI is InChI=1S/C29H29FN6O3S/c30-24-13-19(15-31)1-2-21(24)18-40-28-7-11-36(33-28)22-5-9-34(10-6-22)17-27-32-25-4-3-20(29(37)38)14-26(25)35(27)16-23-8-12-39-23/h1-4,7,11,13-14,22-23H,5-6,8-10,12,16-18H2,(H,37,38)/t23-/m0/s1. The Morgan fingerprint density at radius 1 is 1.18 bits per heavy atom. The van der Waals surface area contributed by atoms with Gasteiger partial charge < -0.3 is 14.4 Å². The Kier molecular flexibility index (Phi) is 7.56. The fraction of sp³-hybridized carbons (Fsp3) is 0.379. The first-order valence-corrected chi connectivity index (χ1v) is 14.4. The molecule has 2 aromatic carbocycles. The predicted molar refractivity (Wildman–Crippen MR) is 148 cm³/mol. The molecule has 40 heavy (non-hydrogen) atoms. The van der Waals surface area contributed by atoms with E-state index in [1.54, 1.807) is 30.3 Å². The Morgan fingerprint density at radius 2 is 2.00 bits per heavy atom. The number of ether oxygens (including phenoxy) is 1. The number of carboxylic acid groups (broad SMARTS) is 1. The van der Waals surface area contributed by atoms with E-state index < -0.39 is 5.97 Å². The van der Waals surface area contributed by atoms with Crippen LogP contribution in [0, 0.1) is 17.1 Å². The van der Waals surface area contributed by atoms with E-state index in [4.69, 9.17) is 20.1 Å². The second-order valence-electron chi connectivity index (χ2n) is 10.3. The maximum atomic E-state index is 14.2. The molecule has 2 aliphatic rings. The number of nitrogens with zero attached hydrogens (tertiary/aromatic N) is 6. The van der Waals surface area contributed by atoms with Gasteiger partial charge in [0.1, 0.15) is 16.7 Å². The van der Waals surface area contributed by atoms with E-state index in [1.165, 1.54) is 17.8 Å². The summed E-state index contributed by atoms with van der Waals surface area (Å²) < 4.78 is 24.0. The number of fused-ring (bicyclic) bond motifs is 1. The lowest BCUT2D eigenvalue weighted by Gasteiger charge is -2.32. The van der Waals surface area contributed by atoms with Gasteiger partial charge >= 0.3 is 5.97 Å². The number of hydrogen-bond donors (Lipinski definition) is 1. The molecule has 0 amide bonds. The van der Waals surface area contributed by atoms with Gasteiger partial charge in [0.2, 0.25) is 0 Å². The second kappa shape index (κ2) is 11.4. The summed E-state index contributed by atoms with van der Waals surface area (Å²) in [7, 11) is 0. The summed E-state index contributed by atoms with van der Waals surface area (Å²) in [6.45, 7) is 3.92. The lowest BCUT2D eigenvalue weighted by Crippen LogP contribution is -2.36. The van der Waals surface area contributed by atoms with Crippen LogP contribution in [-0.4, -0.2) is 61.1 Å². The van der Waals surface area contributed by atoms with Crippen molar-refractivity contribution >= 4 is 28.8 Å².